The second-order valence-electron chi connectivity index (χ2n) is 7.54. The second kappa shape index (κ2) is 7.99. The standard InChI is InChI=1S/C21H23FN2O3S2/c1-28-18-12-16-10-11-17(13-18)24(16)21(25)14-6-8-15(9-7-14)23-29(26,27)20-5-3-2-4-19(20)22/h2-9,16-18,23H,10-13H2,1H3. The summed E-state index contributed by atoms with van der Waals surface area (Å²) in [6.07, 6.45) is 6.29. The summed E-state index contributed by atoms with van der Waals surface area (Å²) in [6.45, 7) is 0. The van der Waals surface area contributed by atoms with Gasteiger partial charge in [0, 0.05) is 28.6 Å². The number of amides is 1. The first-order chi connectivity index (χ1) is 13.9. The summed E-state index contributed by atoms with van der Waals surface area (Å²) in [6, 6.07) is 12.1. The van der Waals surface area contributed by atoms with Gasteiger partial charge in [-0.1, -0.05) is 12.1 Å². The number of anilines is 1. The van der Waals surface area contributed by atoms with Gasteiger partial charge in [-0.2, -0.15) is 11.8 Å². The zero-order chi connectivity index (χ0) is 20.6. The summed E-state index contributed by atoms with van der Waals surface area (Å²) >= 11 is 1.88. The van der Waals surface area contributed by atoms with Crippen molar-refractivity contribution in [1.82, 2.24) is 4.90 Å². The maximum Gasteiger partial charge on any atom is 0.264 e. The van der Waals surface area contributed by atoms with Gasteiger partial charge in [0.15, 0.2) is 0 Å². The number of carbonyl (C=O) groups is 1. The molecule has 2 aliphatic heterocycles. The maximum absolute atomic E-state index is 13.8. The molecular formula is C21H23FN2O3S2. The lowest BCUT2D eigenvalue weighted by molar-refractivity contribution is 0.0601. The molecule has 0 radical (unpaired) electrons. The van der Waals surface area contributed by atoms with E-state index in [1.807, 2.05) is 16.7 Å². The summed E-state index contributed by atoms with van der Waals surface area (Å²) in [7, 11) is -4.04. The normalized spacial score (nSPS) is 23.8. The van der Waals surface area contributed by atoms with Crippen LogP contribution in [0.2, 0.25) is 0 Å². The molecule has 2 atom stereocenters. The van der Waals surface area contributed by atoms with Crippen LogP contribution in [-0.4, -0.2) is 42.8 Å². The Labute approximate surface area is 174 Å². The summed E-state index contributed by atoms with van der Waals surface area (Å²) in [5, 5.41) is 0.617. The Morgan fingerprint density at radius 3 is 2.28 bits per heavy atom. The molecular weight excluding hydrogens is 411 g/mol. The monoisotopic (exact) mass is 434 g/mol. The number of piperidine rings is 1. The number of nitrogens with one attached hydrogen (secondary N) is 1. The molecule has 1 N–H and O–H groups in total. The van der Waals surface area contributed by atoms with E-state index in [1.165, 1.54) is 18.2 Å². The Hall–Kier alpha value is -2.06. The number of thioether (sulfide) groups is 1. The SMILES string of the molecule is CSC1CC2CCC(C1)N2C(=O)c1ccc(NS(=O)(=O)c2ccccc2F)cc1. The highest BCUT2D eigenvalue weighted by molar-refractivity contribution is 7.99. The van der Waals surface area contributed by atoms with E-state index in [4.69, 9.17) is 0 Å². The molecule has 2 unspecified atom stereocenters. The highest BCUT2D eigenvalue weighted by Gasteiger charge is 2.43. The van der Waals surface area contributed by atoms with Crippen molar-refractivity contribution in [3.8, 4) is 0 Å². The van der Waals surface area contributed by atoms with Crippen molar-refractivity contribution in [3.05, 3.63) is 59.9 Å². The Balaban J connectivity index is 1.49. The molecule has 2 aromatic carbocycles. The van der Waals surface area contributed by atoms with E-state index in [0.29, 0.717) is 10.8 Å². The van der Waals surface area contributed by atoms with Crippen molar-refractivity contribution >= 4 is 33.4 Å². The topological polar surface area (TPSA) is 66.5 Å². The predicted molar refractivity (Wildman–Crippen MR) is 113 cm³/mol. The van der Waals surface area contributed by atoms with Crippen LogP contribution in [0.1, 0.15) is 36.0 Å². The molecule has 2 saturated heterocycles. The highest BCUT2D eigenvalue weighted by atomic mass is 32.2. The average Bonchev–Trinajstić information content (AvgIpc) is 2.97. The summed E-state index contributed by atoms with van der Waals surface area (Å²) < 4.78 is 41.0. The predicted octanol–water partition coefficient (Wildman–Crippen LogP) is 4.13. The largest absolute Gasteiger partial charge is 0.333 e. The fourth-order valence-corrected chi connectivity index (χ4v) is 6.32. The van der Waals surface area contributed by atoms with Crippen molar-refractivity contribution in [2.75, 3.05) is 11.0 Å². The van der Waals surface area contributed by atoms with Crippen LogP contribution in [0.15, 0.2) is 53.4 Å². The lowest BCUT2D eigenvalue weighted by Gasteiger charge is -2.38. The molecule has 154 valence electrons. The lowest BCUT2D eigenvalue weighted by Crippen LogP contribution is -2.47. The fourth-order valence-electron chi connectivity index (χ4n) is 4.35. The molecule has 1 amide bonds. The molecule has 0 saturated carbocycles. The molecule has 0 aromatic heterocycles. The van der Waals surface area contributed by atoms with Crippen LogP contribution in [0.25, 0.3) is 0 Å². The minimum atomic E-state index is -4.04. The first kappa shape index (κ1) is 20.2. The third kappa shape index (κ3) is 4.00. The van der Waals surface area contributed by atoms with Gasteiger partial charge in [-0.05, 0) is 68.3 Å². The summed E-state index contributed by atoms with van der Waals surface area (Å²) in [4.78, 5) is 14.7. The van der Waals surface area contributed by atoms with Gasteiger partial charge in [0.1, 0.15) is 10.7 Å². The van der Waals surface area contributed by atoms with Crippen LogP contribution in [0.5, 0.6) is 0 Å². The fraction of sp³-hybridized carbons (Fsp3) is 0.381. The molecule has 0 spiro atoms. The van der Waals surface area contributed by atoms with Crippen LogP contribution in [0, 0.1) is 5.82 Å². The Morgan fingerprint density at radius 1 is 1.07 bits per heavy atom. The van der Waals surface area contributed by atoms with Crippen LogP contribution in [0.3, 0.4) is 0 Å². The highest BCUT2D eigenvalue weighted by Crippen LogP contribution is 2.40. The van der Waals surface area contributed by atoms with Gasteiger partial charge in [0.25, 0.3) is 15.9 Å². The molecule has 8 heteroatoms. The zero-order valence-corrected chi connectivity index (χ0v) is 17.7. The summed E-state index contributed by atoms with van der Waals surface area (Å²) in [5.74, 6) is -0.809. The number of fused-ring (bicyclic) bond motifs is 2. The van der Waals surface area contributed by atoms with Gasteiger partial charge in [-0.3, -0.25) is 9.52 Å². The van der Waals surface area contributed by atoms with E-state index in [2.05, 4.69) is 11.0 Å². The van der Waals surface area contributed by atoms with Gasteiger partial charge in [-0.25, -0.2) is 12.8 Å². The quantitative estimate of drug-likeness (QED) is 0.769. The number of nitrogens with zero attached hydrogens (tertiary/aromatic N) is 1. The first-order valence-corrected chi connectivity index (χ1v) is 12.4. The van der Waals surface area contributed by atoms with Crippen LogP contribution < -0.4 is 4.72 Å². The molecule has 29 heavy (non-hydrogen) atoms. The molecule has 2 aliphatic rings. The van der Waals surface area contributed by atoms with E-state index < -0.39 is 20.7 Å². The number of rotatable bonds is 5. The van der Waals surface area contributed by atoms with E-state index in [0.717, 1.165) is 31.7 Å². The summed E-state index contributed by atoms with van der Waals surface area (Å²) in [5.41, 5.74) is 0.826. The van der Waals surface area contributed by atoms with E-state index in [1.54, 1.807) is 24.3 Å². The number of halogens is 1. The maximum atomic E-state index is 13.8. The third-order valence-electron chi connectivity index (χ3n) is 5.77. The number of benzene rings is 2. The zero-order valence-electron chi connectivity index (χ0n) is 16.0. The van der Waals surface area contributed by atoms with Gasteiger partial charge in [0.2, 0.25) is 0 Å². The van der Waals surface area contributed by atoms with Gasteiger partial charge in [0.05, 0.1) is 0 Å². The molecule has 2 bridgehead atoms. The van der Waals surface area contributed by atoms with Crippen molar-refractivity contribution in [3.63, 3.8) is 0 Å². The second-order valence-corrected chi connectivity index (χ2v) is 10.3. The number of sulfonamides is 1. The molecule has 4 rings (SSSR count). The smallest absolute Gasteiger partial charge is 0.264 e. The minimum absolute atomic E-state index is 0.000522. The van der Waals surface area contributed by atoms with Crippen LogP contribution in [-0.2, 0) is 10.0 Å². The molecule has 2 heterocycles. The van der Waals surface area contributed by atoms with E-state index in [9.17, 15) is 17.6 Å². The minimum Gasteiger partial charge on any atom is -0.333 e. The van der Waals surface area contributed by atoms with Gasteiger partial charge in [-0.15, -0.1) is 0 Å². The molecule has 0 aliphatic carbocycles. The van der Waals surface area contributed by atoms with Crippen LogP contribution in [0.4, 0.5) is 10.1 Å². The van der Waals surface area contributed by atoms with Crippen molar-refractivity contribution in [2.45, 2.75) is 47.9 Å². The van der Waals surface area contributed by atoms with Crippen molar-refractivity contribution in [2.24, 2.45) is 0 Å². The Bertz CT molecular complexity index is 997. The van der Waals surface area contributed by atoms with E-state index >= 15 is 0 Å². The van der Waals surface area contributed by atoms with E-state index in [-0.39, 0.29) is 23.7 Å². The third-order valence-corrected chi connectivity index (χ3v) is 8.23. The number of hydrogen-bond acceptors (Lipinski definition) is 4. The number of carbonyl (C=O) groups excluding carboxylic acids is 1. The number of hydrogen-bond donors (Lipinski definition) is 1. The van der Waals surface area contributed by atoms with Gasteiger partial charge >= 0.3 is 0 Å². The van der Waals surface area contributed by atoms with Crippen molar-refractivity contribution < 1.29 is 17.6 Å². The van der Waals surface area contributed by atoms with Gasteiger partial charge < -0.3 is 4.90 Å². The average molecular weight is 435 g/mol. The molecule has 5 nitrogen and oxygen atoms in total. The first-order valence-electron chi connectivity index (χ1n) is 9.62. The lowest BCUT2D eigenvalue weighted by atomic mass is 10.0. The van der Waals surface area contributed by atoms with Crippen molar-refractivity contribution in [1.29, 1.82) is 0 Å². The van der Waals surface area contributed by atoms with Crippen LogP contribution >= 0.6 is 11.8 Å². The Kier molecular flexibility index (Phi) is 5.57. The Morgan fingerprint density at radius 2 is 1.69 bits per heavy atom. The molecule has 2 fully saturated rings. The molecule has 2 aromatic rings.